The summed E-state index contributed by atoms with van der Waals surface area (Å²) in [4.78, 5) is 0.172. The molecule has 2 aliphatic rings. The van der Waals surface area contributed by atoms with Crippen LogP contribution in [0.3, 0.4) is 0 Å². The van der Waals surface area contributed by atoms with Gasteiger partial charge >= 0.3 is 0 Å². The maximum Gasteiger partial charge on any atom is 0.248 e. The third-order valence-electron chi connectivity index (χ3n) is 5.07. The first kappa shape index (κ1) is 18.6. The summed E-state index contributed by atoms with van der Waals surface area (Å²) in [6, 6.07) is 6.13. The van der Waals surface area contributed by atoms with Gasteiger partial charge in [-0.1, -0.05) is 6.42 Å². The van der Waals surface area contributed by atoms with Crippen LogP contribution in [0.15, 0.2) is 44.3 Å². The molecule has 2 aromatic heterocycles. The molecule has 4 heterocycles. The fourth-order valence-electron chi connectivity index (χ4n) is 3.63. The summed E-state index contributed by atoms with van der Waals surface area (Å²) in [5.74, 6) is 1.74. The molecule has 0 radical (unpaired) electrons. The van der Waals surface area contributed by atoms with Crippen LogP contribution in [0, 0.1) is 0 Å². The number of aromatic nitrogens is 2. The zero-order chi connectivity index (χ0) is 19.8. The van der Waals surface area contributed by atoms with E-state index in [9.17, 15) is 8.42 Å². The van der Waals surface area contributed by atoms with Crippen molar-refractivity contribution in [3.05, 3.63) is 40.9 Å². The number of sulfonamides is 1. The Balaban J connectivity index is 1.48. The molecule has 152 valence electrons. The Morgan fingerprint density at radius 2 is 1.93 bits per heavy atom. The fourth-order valence-corrected chi connectivity index (χ4v) is 5.93. The lowest BCUT2D eigenvalue weighted by Gasteiger charge is -2.32. The maximum absolute atomic E-state index is 13.4. The number of hydrogen-bond acceptors (Lipinski definition) is 8. The van der Waals surface area contributed by atoms with Crippen LogP contribution in [0.2, 0.25) is 0 Å². The molecule has 10 heteroatoms. The number of fused-ring (bicyclic) bond motifs is 1. The lowest BCUT2D eigenvalue weighted by Crippen LogP contribution is -2.38. The first-order chi connectivity index (χ1) is 14.1. The molecule has 0 amide bonds. The molecule has 0 unspecified atom stereocenters. The highest BCUT2D eigenvalue weighted by molar-refractivity contribution is 7.89. The standard InChI is InChI=1S/C19H19N3O5S2/c23-29(24,14-4-5-16-17(11-14)26-9-8-25-16)22-7-2-1-3-15(22)19-21-20-18(27-19)13-6-10-28-12-13/h4-6,10-12,15H,1-3,7-9H2/t15-/m0/s1. The second-order valence-corrected chi connectivity index (χ2v) is 9.56. The predicted molar refractivity (Wildman–Crippen MR) is 106 cm³/mol. The minimum absolute atomic E-state index is 0.172. The van der Waals surface area contributed by atoms with E-state index in [0.717, 1.165) is 18.4 Å². The van der Waals surface area contributed by atoms with Gasteiger partial charge in [0.05, 0.1) is 4.90 Å². The highest BCUT2D eigenvalue weighted by Gasteiger charge is 2.38. The van der Waals surface area contributed by atoms with Gasteiger partial charge in [-0.05, 0) is 36.4 Å². The van der Waals surface area contributed by atoms with E-state index in [1.165, 1.54) is 21.7 Å². The van der Waals surface area contributed by atoms with Crippen LogP contribution in [0.4, 0.5) is 0 Å². The van der Waals surface area contributed by atoms with E-state index in [2.05, 4.69) is 10.2 Å². The van der Waals surface area contributed by atoms with Crippen LogP contribution in [-0.2, 0) is 10.0 Å². The lowest BCUT2D eigenvalue weighted by molar-refractivity contribution is 0.171. The first-order valence-corrected chi connectivity index (χ1v) is 11.8. The molecule has 1 aromatic carbocycles. The quantitative estimate of drug-likeness (QED) is 0.622. The molecule has 0 spiro atoms. The van der Waals surface area contributed by atoms with Crippen molar-refractivity contribution >= 4 is 21.4 Å². The van der Waals surface area contributed by atoms with Gasteiger partial charge in [-0.25, -0.2) is 8.42 Å². The molecule has 8 nitrogen and oxygen atoms in total. The molecular weight excluding hydrogens is 414 g/mol. The monoisotopic (exact) mass is 433 g/mol. The Hall–Kier alpha value is -2.43. The molecule has 1 saturated heterocycles. The Labute approximate surface area is 172 Å². The zero-order valence-corrected chi connectivity index (χ0v) is 17.1. The van der Waals surface area contributed by atoms with Gasteiger partial charge in [0.25, 0.3) is 0 Å². The Morgan fingerprint density at radius 1 is 1.07 bits per heavy atom. The van der Waals surface area contributed by atoms with Crippen LogP contribution in [0.5, 0.6) is 11.5 Å². The highest BCUT2D eigenvalue weighted by atomic mass is 32.2. The summed E-state index contributed by atoms with van der Waals surface area (Å²) < 4.78 is 45.2. The van der Waals surface area contributed by atoms with Crippen LogP contribution < -0.4 is 9.47 Å². The van der Waals surface area contributed by atoms with E-state index in [1.54, 1.807) is 12.1 Å². The molecule has 1 fully saturated rings. The van der Waals surface area contributed by atoms with Gasteiger partial charge in [0.15, 0.2) is 11.5 Å². The predicted octanol–water partition coefficient (Wildman–Crippen LogP) is 3.49. The third kappa shape index (κ3) is 3.41. The summed E-state index contributed by atoms with van der Waals surface area (Å²) in [5.41, 5.74) is 0.839. The van der Waals surface area contributed by atoms with Crippen LogP contribution in [0.25, 0.3) is 11.5 Å². The number of nitrogens with zero attached hydrogens (tertiary/aromatic N) is 3. The van der Waals surface area contributed by atoms with Crippen molar-refractivity contribution in [2.75, 3.05) is 19.8 Å². The van der Waals surface area contributed by atoms with Gasteiger partial charge < -0.3 is 13.9 Å². The molecule has 0 N–H and O–H groups in total. The second-order valence-electron chi connectivity index (χ2n) is 6.89. The molecule has 1 atom stereocenters. The SMILES string of the molecule is O=S(=O)(c1ccc2c(c1)OCCO2)N1CCCC[C@H]1c1nnc(-c2ccsc2)o1. The smallest absolute Gasteiger partial charge is 0.248 e. The number of ether oxygens (including phenoxy) is 2. The van der Waals surface area contributed by atoms with Crippen molar-refractivity contribution in [2.45, 2.75) is 30.2 Å². The van der Waals surface area contributed by atoms with Crippen LogP contribution in [-0.4, -0.2) is 42.7 Å². The van der Waals surface area contributed by atoms with E-state index < -0.39 is 16.1 Å². The number of benzene rings is 1. The molecule has 2 aliphatic heterocycles. The van der Waals surface area contributed by atoms with E-state index in [-0.39, 0.29) is 4.90 Å². The Bertz CT molecular complexity index is 1110. The fraction of sp³-hybridized carbons (Fsp3) is 0.368. The molecule has 29 heavy (non-hydrogen) atoms. The van der Waals surface area contributed by atoms with Gasteiger partial charge in [-0.15, -0.1) is 10.2 Å². The topological polar surface area (TPSA) is 94.8 Å². The maximum atomic E-state index is 13.4. The zero-order valence-electron chi connectivity index (χ0n) is 15.5. The normalized spacial score (nSPS) is 19.9. The van der Waals surface area contributed by atoms with Gasteiger partial charge in [0, 0.05) is 23.6 Å². The molecule has 0 aliphatic carbocycles. The molecular formula is C19H19N3O5S2. The van der Waals surface area contributed by atoms with Crippen molar-refractivity contribution < 1.29 is 22.3 Å². The van der Waals surface area contributed by atoms with Gasteiger partial charge in [-0.3, -0.25) is 0 Å². The van der Waals surface area contributed by atoms with Gasteiger partial charge in [0.2, 0.25) is 21.8 Å². The average Bonchev–Trinajstić information content (AvgIpc) is 3.45. The van der Waals surface area contributed by atoms with Crippen LogP contribution in [0.1, 0.15) is 31.2 Å². The van der Waals surface area contributed by atoms with Crippen molar-refractivity contribution in [1.29, 1.82) is 0 Å². The molecule has 3 aromatic rings. The van der Waals surface area contributed by atoms with Gasteiger partial charge in [-0.2, -0.15) is 15.6 Å². The summed E-state index contributed by atoms with van der Waals surface area (Å²) in [5, 5.41) is 12.1. The molecule has 0 saturated carbocycles. The minimum Gasteiger partial charge on any atom is -0.486 e. The minimum atomic E-state index is -3.77. The highest BCUT2D eigenvalue weighted by Crippen LogP contribution is 2.38. The Kier molecular flexibility index (Phi) is 4.76. The summed E-state index contributed by atoms with van der Waals surface area (Å²) in [6.45, 7) is 1.25. The van der Waals surface area contributed by atoms with E-state index in [4.69, 9.17) is 13.9 Å². The number of rotatable bonds is 4. The second kappa shape index (κ2) is 7.43. The van der Waals surface area contributed by atoms with Crippen molar-refractivity contribution in [2.24, 2.45) is 0 Å². The van der Waals surface area contributed by atoms with Gasteiger partial charge in [0.1, 0.15) is 19.3 Å². The van der Waals surface area contributed by atoms with Crippen molar-refractivity contribution in [3.63, 3.8) is 0 Å². The van der Waals surface area contributed by atoms with Crippen LogP contribution >= 0.6 is 11.3 Å². The summed E-state index contributed by atoms with van der Waals surface area (Å²) >= 11 is 1.54. The average molecular weight is 434 g/mol. The molecule has 5 rings (SSSR count). The third-order valence-corrected chi connectivity index (χ3v) is 7.66. The molecule has 0 bridgehead atoms. The largest absolute Gasteiger partial charge is 0.486 e. The summed E-state index contributed by atoms with van der Waals surface area (Å²) in [7, 11) is -3.77. The van der Waals surface area contributed by atoms with E-state index >= 15 is 0 Å². The number of piperidine rings is 1. The Morgan fingerprint density at radius 3 is 2.76 bits per heavy atom. The summed E-state index contributed by atoms with van der Waals surface area (Å²) in [6.07, 6.45) is 2.31. The van der Waals surface area contributed by atoms with Crippen molar-refractivity contribution in [1.82, 2.24) is 14.5 Å². The number of thiophene rings is 1. The van der Waals surface area contributed by atoms with E-state index in [1.807, 2.05) is 16.8 Å². The first-order valence-electron chi connectivity index (χ1n) is 9.40. The van der Waals surface area contributed by atoms with E-state index in [0.29, 0.717) is 49.5 Å². The van der Waals surface area contributed by atoms with Crippen molar-refractivity contribution in [3.8, 4) is 23.0 Å². The number of hydrogen-bond donors (Lipinski definition) is 0. The lowest BCUT2D eigenvalue weighted by atomic mass is 10.1.